The Labute approximate surface area is 167 Å². The molecule has 0 spiro atoms. The molecule has 3 N–H and O–H groups in total. The van der Waals surface area contributed by atoms with E-state index in [2.05, 4.69) is 10.3 Å². The molecule has 0 aliphatic rings. The Morgan fingerprint density at radius 1 is 1.21 bits per heavy atom. The van der Waals surface area contributed by atoms with Gasteiger partial charge in [0.2, 0.25) is 0 Å². The van der Waals surface area contributed by atoms with Crippen LogP contribution < -0.4 is 10.9 Å². The number of hydrogen-bond donors (Lipinski definition) is 3. The van der Waals surface area contributed by atoms with E-state index in [0.717, 1.165) is 16.5 Å². The number of halogens is 1. The maximum absolute atomic E-state index is 12.7. The van der Waals surface area contributed by atoms with Gasteiger partial charge in [-0.2, -0.15) is 0 Å². The smallest absolute Gasteiger partial charge is 0.322 e. The van der Waals surface area contributed by atoms with Crippen molar-refractivity contribution in [3.05, 3.63) is 75.0 Å². The molecule has 1 heterocycles. The monoisotopic (exact) mass is 399 g/mol. The van der Waals surface area contributed by atoms with Crippen molar-refractivity contribution >= 4 is 34.2 Å². The summed E-state index contributed by atoms with van der Waals surface area (Å²) in [7, 11) is 0. The molecule has 2 amide bonds. The molecule has 0 atom stereocenters. The maximum Gasteiger partial charge on any atom is 0.322 e. The first-order chi connectivity index (χ1) is 13.5. The fraction of sp³-hybridized carbons (Fsp3) is 0.238. The lowest BCUT2D eigenvalue weighted by molar-refractivity contribution is 0.199. The van der Waals surface area contributed by atoms with Crippen molar-refractivity contribution in [2.45, 2.75) is 19.9 Å². The average Bonchev–Trinajstić information content (AvgIpc) is 2.65. The van der Waals surface area contributed by atoms with Gasteiger partial charge in [-0.15, -0.1) is 0 Å². The van der Waals surface area contributed by atoms with Gasteiger partial charge < -0.3 is 20.3 Å². The second-order valence-corrected chi connectivity index (χ2v) is 7.09. The SMILES string of the molecule is Cc1ccc2cc(CN(CCCO)C(=O)Nc3cccc(Cl)c3)c(=O)[nH]c2c1. The minimum atomic E-state index is -0.362. The Balaban J connectivity index is 1.84. The number of benzene rings is 2. The summed E-state index contributed by atoms with van der Waals surface area (Å²) in [6, 6.07) is 14.1. The number of nitrogens with one attached hydrogen (secondary N) is 2. The highest BCUT2D eigenvalue weighted by atomic mass is 35.5. The third-order valence-corrected chi connectivity index (χ3v) is 4.62. The van der Waals surface area contributed by atoms with Gasteiger partial charge in [0.25, 0.3) is 5.56 Å². The lowest BCUT2D eigenvalue weighted by atomic mass is 10.1. The first kappa shape index (κ1) is 19.9. The lowest BCUT2D eigenvalue weighted by Crippen LogP contribution is -2.37. The Morgan fingerprint density at radius 3 is 2.79 bits per heavy atom. The van der Waals surface area contributed by atoms with Crippen LogP contribution in [0.2, 0.25) is 5.02 Å². The second kappa shape index (κ2) is 8.91. The van der Waals surface area contributed by atoms with E-state index in [-0.39, 0.29) is 24.7 Å². The molecule has 0 fully saturated rings. The van der Waals surface area contributed by atoms with Crippen molar-refractivity contribution in [1.29, 1.82) is 0 Å². The minimum Gasteiger partial charge on any atom is -0.396 e. The Kier molecular flexibility index (Phi) is 6.34. The van der Waals surface area contributed by atoms with Crippen LogP contribution in [0.5, 0.6) is 0 Å². The van der Waals surface area contributed by atoms with Gasteiger partial charge in [-0.1, -0.05) is 29.8 Å². The van der Waals surface area contributed by atoms with Crippen LogP contribution in [0.4, 0.5) is 10.5 Å². The molecule has 0 aliphatic heterocycles. The predicted molar refractivity (Wildman–Crippen MR) is 112 cm³/mol. The minimum absolute atomic E-state index is 0.0473. The first-order valence-corrected chi connectivity index (χ1v) is 9.39. The molecule has 0 unspecified atom stereocenters. The first-order valence-electron chi connectivity index (χ1n) is 9.01. The summed E-state index contributed by atoms with van der Waals surface area (Å²) in [5.74, 6) is 0. The second-order valence-electron chi connectivity index (χ2n) is 6.65. The molecule has 0 bridgehead atoms. The van der Waals surface area contributed by atoms with E-state index in [0.29, 0.717) is 29.2 Å². The number of urea groups is 1. The number of pyridine rings is 1. The summed E-state index contributed by atoms with van der Waals surface area (Å²) < 4.78 is 0. The number of aryl methyl sites for hydroxylation is 1. The lowest BCUT2D eigenvalue weighted by Gasteiger charge is -2.23. The molecule has 6 nitrogen and oxygen atoms in total. The third kappa shape index (κ3) is 4.91. The molecule has 0 saturated heterocycles. The molecule has 7 heteroatoms. The zero-order valence-electron chi connectivity index (χ0n) is 15.5. The topological polar surface area (TPSA) is 85.4 Å². The number of H-pyrrole nitrogens is 1. The van der Waals surface area contributed by atoms with E-state index >= 15 is 0 Å². The highest BCUT2D eigenvalue weighted by molar-refractivity contribution is 6.30. The van der Waals surface area contributed by atoms with Gasteiger partial charge in [-0.05, 0) is 54.6 Å². The van der Waals surface area contributed by atoms with E-state index in [1.165, 1.54) is 4.90 Å². The Bertz CT molecular complexity index is 1050. The summed E-state index contributed by atoms with van der Waals surface area (Å²) in [5, 5.41) is 13.4. The number of aliphatic hydroxyl groups is 1. The average molecular weight is 400 g/mol. The predicted octanol–water partition coefficient (Wildman–Crippen LogP) is 3.91. The quantitative estimate of drug-likeness (QED) is 0.587. The fourth-order valence-corrected chi connectivity index (χ4v) is 3.16. The number of carbonyl (C=O) groups is 1. The molecular formula is C21H22ClN3O3. The number of aromatic amines is 1. The third-order valence-electron chi connectivity index (χ3n) is 4.39. The Hall–Kier alpha value is -2.83. The number of carbonyl (C=O) groups excluding carboxylic acids is 1. The van der Waals surface area contributed by atoms with Crippen LogP contribution in [0.3, 0.4) is 0 Å². The van der Waals surface area contributed by atoms with E-state index < -0.39 is 0 Å². The van der Waals surface area contributed by atoms with Crippen LogP contribution >= 0.6 is 11.6 Å². The maximum atomic E-state index is 12.7. The number of hydrogen-bond acceptors (Lipinski definition) is 3. The number of nitrogens with zero attached hydrogens (tertiary/aromatic N) is 1. The van der Waals surface area contributed by atoms with Gasteiger partial charge in [0.15, 0.2) is 0 Å². The summed E-state index contributed by atoms with van der Waals surface area (Å²) in [6.45, 7) is 2.36. The van der Waals surface area contributed by atoms with Gasteiger partial charge in [-0.3, -0.25) is 4.79 Å². The Morgan fingerprint density at radius 2 is 2.04 bits per heavy atom. The van der Waals surface area contributed by atoms with Crippen molar-refractivity contribution in [3.8, 4) is 0 Å². The van der Waals surface area contributed by atoms with Gasteiger partial charge in [0, 0.05) is 34.9 Å². The van der Waals surface area contributed by atoms with Gasteiger partial charge in [0.1, 0.15) is 0 Å². The van der Waals surface area contributed by atoms with Crippen LogP contribution in [-0.4, -0.2) is 34.2 Å². The molecule has 146 valence electrons. The van der Waals surface area contributed by atoms with Crippen LogP contribution in [0.1, 0.15) is 17.5 Å². The highest BCUT2D eigenvalue weighted by Crippen LogP contribution is 2.17. The number of anilines is 1. The number of amides is 2. The van der Waals surface area contributed by atoms with Crippen molar-refractivity contribution in [1.82, 2.24) is 9.88 Å². The molecule has 0 radical (unpaired) electrons. The van der Waals surface area contributed by atoms with E-state index in [9.17, 15) is 9.59 Å². The normalized spacial score (nSPS) is 10.8. The molecule has 2 aromatic carbocycles. The summed E-state index contributed by atoms with van der Waals surface area (Å²) in [4.78, 5) is 29.6. The number of fused-ring (bicyclic) bond motifs is 1. The fourth-order valence-electron chi connectivity index (χ4n) is 2.97. The van der Waals surface area contributed by atoms with Crippen LogP contribution in [-0.2, 0) is 6.54 Å². The zero-order chi connectivity index (χ0) is 20.1. The van der Waals surface area contributed by atoms with E-state index in [1.54, 1.807) is 30.3 Å². The summed E-state index contributed by atoms with van der Waals surface area (Å²) in [6.07, 6.45) is 0.410. The van der Waals surface area contributed by atoms with Crippen LogP contribution in [0.25, 0.3) is 10.9 Å². The summed E-state index contributed by atoms with van der Waals surface area (Å²) in [5.41, 5.74) is 2.63. The molecular weight excluding hydrogens is 378 g/mol. The molecule has 28 heavy (non-hydrogen) atoms. The number of aromatic nitrogens is 1. The van der Waals surface area contributed by atoms with Crippen molar-refractivity contribution < 1.29 is 9.90 Å². The highest BCUT2D eigenvalue weighted by Gasteiger charge is 2.16. The zero-order valence-corrected chi connectivity index (χ0v) is 16.3. The molecule has 3 aromatic rings. The molecule has 0 aliphatic carbocycles. The van der Waals surface area contributed by atoms with Crippen LogP contribution in [0, 0.1) is 6.92 Å². The van der Waals surface area contributed by atoms with E-state index in [1.807, 2.05) is 25.1 Å². The standard InChI is InChI=1S/C21H22ClN3O3/c1-14-6-7-15-11-16(20(27)24-19(15)10-14)13-25(8-3-9-26)21(28)23-18-5-2-4-17(22)12-18/h2,4-7,10-12,26H,3,8-9,13H2,1H3,(H,23,28)(H,24,27). The van der Waals surface area contributed by atoms with Gasteiger partial charge >= 0.3 is 6.03 Å². The summed E-state index contributed by atoms with van der Waals surface area (Å²) >= 11 is 5.97. The van der Waals surface area contributed by atoms with Gasteiger partial charge in [-0.25, -0.2) is 4.79 Å². The number of rotatable bonds is 6. The molecule has 0 saturated carbocycles. The van der Waals surface area contributed by atoms with Gasteiger partial charge in [0.05, 0.1) is 6.54 Å². The van der Waals surface area contributed by atoms with Crippen LogP contribution in [0.15, 0.2) is 53.3 Å². The molecule has 1 aromatic heterocycles. The number of aliphatic hydroxyl groups excluding tert-OH is 1. The largest absolute Gasteiger partial charge is 0.396 e. The van der Waals surface area contributed by atoms with Crippen molar-refractivity contribution in [3.63, 3.8) is 0 Å². The van der Waals surface area contributed by atoms with Crippen molar-refractivity contribution in [2.75, 3.05) is 18.5 Å². The van der Waals surface area contributed by atoms with E-state index in [4.69, 9.17) is 16.7 Å². The molecule has 3 rings (SSSR count). The van der Waals surface area contributed by atoms with Crippen molar-refractivity contribution in [2.24, 2.45) is 0 Å².